The molecule has 1 atom stereocenters. The molecule has 0 radical (unpaired) electrons. The summed E-state index contributed by atoms with van der Waals surface area (Å²) in [5.41, 5.74) is 0.654. The molecule has 0 aromatic carbocycles. The van der Waals surface area contributed by atoms with Gasteiger partial charge in [0, 0.05) is 13.2 Å². The van der Waals surface area contributed by atoms with E-state index < -0.39 is 11.9 Å². The molecule has 1 heterocycles. The van der Waals surface area contributed by atoms with Crippen LogP contribution in [-0.2, 0) is 19.1 Å². The summed E-state index contributed by atoms with van der Waals surface area (Å²) in [5.74, 6) is -0.989. The highest BCUT2D eigenvalue weighted by Gasteiger charge is 2.27. The van der Waals surface area contributed by atoms with Gasteiger partial charge in [0.2, 0.25) is 0 Å². The summed E-state index contributed by atoms with van der Waals surface area (Å²) in [7, 11) is 4.32. The Balaban J connectivity index is 3.15. The SMILES string of the molecule is C=CC1C(C(=O)OC)=CC(C(=O)OC)=CN1C. The van der Waals surface area contributed by atoms with Gasteiger partial charge in [-0.1, -0.05) is 6.08 Å². The largest absolute Gasteiger partial charge is 0.466 e. The Morgan fingerprint density at radius 1 is 1.35 bits per heavy atom. The summed E-state index contributed by atoms with van der Waals surface area (Å²) in [4.78, 5) is 24.7. The van der Waals surface area contributed by atoms with E-state index in [2.05, 4.69) is 16.1 Å². The zero-order chi connectivity index (χ0) is 13.0. The Bertz CT molecular complexity index is 409. The molecule has 0 spiro atoms. The number of hydrogen-bond donors (Lipinski definition) is 0. The second-order valence-corrected chi connectivity index (χ2v) is 3.51. The summed E-state index contributed by atoms with van der Waals surface area (Å²) in [6, 6.07) is -0.309. The highest BCUT2D eigenvalue weighted by Crippen LogP contribution is 2.21. The molecular weight excluding hydrogens is 222 g/mol. The second kappa shape index (κ2) is 5.34. The smallest absolute Gasteiger partial charge is 0.339 e. The van der Waals surface area contributed by atoms with Gasteiger partial charge in [0.15, 0.2) is 0 Å². The number of hydrogen-bond acceptors (Lipinski definition) is 5. The lowest BCUT2D eigenvalue weighted by molar-refractivity contribution is -0.136. The van der Waals surface area contributed by atoms with E-state index in [-0.39, 0.29) is 6.04 Å². The Morgan fingerprint density at radius 3 is 2.41 bits per heavy atom. The number of nitrogens with zero attached hydrogens (tertiary/aromatic N) is 1. The third-order valence-electron chi connectivity index (χ3n) is 2.48. The van der Waals surface area contributed by atoms with Gasteiger partial charge in [-0.25, -0.2) is 9.59 Å². The number of methoxy groups -OCH3 is 2. The number of esters is 2. The molecule has 92 valence electrons. The minimum absolute atomic E-state index is 0.300. The van der Waals surface area contributed by atoms with E-state index in [9.17, 15) is 9.59 Å². The lowest BCUT2D eigenvalue weighted by Crippen LogP contribution is -2.34. The summed E-state index contributed by atoms with van der Waals surface area (Å²) >= 11 is 0. The zero-order valence-corrected chi connectivity index (χ0v) is 10.1. The lowest BCUT2D eigenvalue weighted by Gasteiger charge is -2.29. The Kier molecular flexibility index (Phi) is 4.09. The molecule has 0 aromatic heterocycles. The highest BCUT2D eigenvalue weighted by molar-refractivity contribution is 5.98. The van der Waals surface area contributed by atoms with E-state index in [4.69, 9.17) is 0 Å². The van der Waals surface area contributed by atoms with Gasteiger partial charge in [-0.2, -0.15) is 0 Å². The van der Waals surface area contributed by atoms with Crippen LogP contribution in [0.25, 0.3) is 0 Å². The van der Waals surface area contributed by atoms with Crippen LogP contribution in [-0.4, -0.2) is 44.1 Å². The molecule has 1 rings (SSSR count). The predicted octanol–water partition coefficient (Wildman–Crippen LogP) is 0.643. The predicted molar refractivity (Wildman–Crippen MR) is 61.9 cm³/mol. The van der Waals surface area contributed by atoms with Crippen molar-refractivity contribution >= 4 is 11.9 Å². The summed E-state index contributed by atoms with van der Waals surface area (Å²) in [5, 5.41) is 0. The van der Waals surface area contributed by atoms with E-state index in [1.807, 2.05) is 0 Å². The maximum Gasteiger partial charge on any atom is 0.339 e. The van der Waals surface area contributed by atoms with Gasteiger partial charge in [0.05, 0.1) is 31.4 Å². The first kappa shape index (κ1) is 13.0. The first-order valence-corrected chi connectivity index (χ1v) is 4.99. The Labute approximate surface area is 100.0 Å². The van der Waals surface area contributed by atoms with Gasteiger partial charge in [-0.15, -0.1) is 6.58 Å². The van der Waals surface area contributed by atoms with Crippen molar-refractivity contribution in [2.45, 2.75) is 6.04 Å². The van der Waals surface area contributed by atoms with Crippen molar-refractivity contribution in [3.8, 4) is 0 Å². The molecule has 5 nitrogen and oxygen atoms in total. The lowest BCUT2D eigenvalue weighted by atomic mass is 9.99. The third-order valence-corrected chi connectivity index (χ3v) is 2.48. The Hall–Kier alpha value is -2.04. The fourth-order valence-corrected chi connectivity index (χ4v) is 1.63. The van der Waals surface area contributed by atoms with Crippen molar-refractivity contribution in [1.29, 1.82) is 0 Å². The monoisotopic (exact) mass is 237 g/mol. The van der Waals surface area contributed by atoms with Crippen LogP contribution < -0.4 is 0 Å². The number of rotatable bonds is 3. The van der Waals surface area contributed by atoms with Crippen LogP contribution in [0.4, 0.5) is 0 Å². The van der Waals surface area contributed by atoms with Gasteiger partial charge >= 0.3 is 11.9 Å². The van der Waals surface area contributed by atoms with Gasteiger partial charge in [0.1, 0.15) is 0 Å². The van der Waals surface area contributed by atoms with Crippen LogP contribution in [0.2, 0.25) is 0 Å². The van der Waals surface area contributed by atoms with Gasteiger partial charge < -0.3 is 14.4 Å². The normalized spacial score (nSPS) is 19.0. The molecule has 1 aliphatic rings. The molecule has 1 aliphatic heterocycles. The van der Waals surface area contributed by atoms with Crippen molar-refractivity contribution in [3.05, 3.63) is 36.1 Å². The van der Waals surface area contributed by atoms with Crippen molar-refractivity contribution in [2.24, 2.45) is 0 Å². The first-order valence-electron chi connectivity index (χ1n) is 4.99. The number of carbonyl (C=O) groups is 2. The standard InChI is InChI=1S/C12H15NO4/c1-5-10-9(12(15)17-4)6-8(7-13(10)2)11(14)16-3/h5-7,10H,1H2,2-4H3. The average Bonchev–Trinajstić information content (AvgIpc) is 2.35. The number of likely N-dealkylation sites (N-methyl/N-ethyl adjacent to an activating group) is 1. The topological polar surface area (TPSA) is 55.8 Å². The van der Waals surface area contributed by atoms with E-state index in [0.717, 1.165) is 0 Å². The molecule has 5 heteroatoms. The quantitative estimate of drug-likeness (QED) is 0.532. The third kappa shape index (κ3) is 2.55. The van der Waals surface area contributed by atoms with E-state index in [1.165, 1.54) is 20.3 Å². The molecule has 0 N–H and O–H groups in total. The van der Waals surface area contributed by atoms with Crippen LogP contribution in [0.3, 0.4) is 0 Å². The Morgan fingerprint density at radius 2 is 1.94 bits per heavy atom. The van der Waals surface area contributed by atoms with E-state index in [1.54, 1.807) is 24.2 Å². The van der Waals surface area contributed by atoms with E-state index in [0.29, 0.717) is 11.1 Å². The maximum absolute atomic E-state index is 11.6. The van der Waals surface area contributed by atoms with Gasteiger partial charge in [0.25, 0.3) is 0 Å². The van der Waals surface area contributed by atoms with Crippen molar-refractivity contribution in [1.82, 2.24) is 4.90 Å². The molecule has 0 fully saturated rings. The fraction of sp³-hybridized carbons (Fsp3) is 0.333. The first-order chi connectivity index (χ1) is 8.04. The maximum atomic E-state index is 11.6. The minimum atomic E-state index is -0.499. The summed E-state index contributed by atoms with van der Waals surface area (Å²) < 4.78 is 9.28. The van der Waals surface area contributed by atoms with E-state index >= 15 is 0 Å². The van der Waals surface area contributed by atoms with Crippen LogP contribution >= 0.6 is 0 Å². The second-order valence-electron chi connectivity index (χ2n) is 3.51. The van der Waals surface area contributed by atoms with Gasteiger partial charge in [-0.05, 0) is 6.08 Å². The fourth-order valence-electron chi connectivity index (χ4n) is 1.63. The number of carbonyl (C=O) groups excluding carboxylic acids is 2. The average molecular weight is 237 g/mol. The van der Waals surface area contributed by atoms with Crippen molar-refractivity contribution in [2.75, 3.05) is 21.3 Å². The molecule has 1 unspecified atom stereocenters. The minimum Gasteiger partial charge on any atom is -0.466 e. The molecule has 0 saturated carbocycles. The highest BCUT2D eigenvalue weighted by atomic mass is 16.5. The van der Waals surface area contributed by atoms with Crippen molar-refractivity contribution < 1.29 is 19.1 Å². The number of ether oxygens (including phenoxy) is 2. The molecule has 17 heavy (non-hydrogen) atoms. The van der Waals surface area contributed by atoms with Crippen molar-refractivity contribution in [3.63, 3.8) is 0 Å². The zero-order valence-electron chi connectivity index (χ0n) is 10.1. The van der Waals surface area contributed by atoms with Crippen LogP contribution in [0.5, 0.6) is 0 Å². The molecule has 0 aliphatic carbocycles. The summed E-state index contributed by atoms with van der Waals surface area (Å²) in [6.45, 7) is 3.66. The summed E-state index contributed by atoms with van der Waals surface area (Å²) in [6.07, 6.45) is 4.67. The van der Waals surface area contributed by atoms with Crippen LogP contribution in [0, 0.1) is 0 Å². The molecule has 0 aromatic rings. The molecule has 0 saturated heterocycles. The molecule has 0 bridgehead atoms. The van der Waals surface area contributed by atoms with Gasteiger partial charge in [-0.3, -0.25) is 0 Å². The molecule has 0 amide bonds. The molecular formula is C12H15NO4. The van der Waals surface area contributed by atoms with Crippen LogP contribution in [0.15, 0.2) is 36.1 Å². The van der Waals surface area contributed by atoms with Crippen LogP contribution in [0.1, 0.15) is 0 Å².